The second-order valence-corrected chi connectivity index (χ2v) is 4.72. The van der Waals surface area contributed by atoms with Crippen LogP contribution in [0.15, 0.2) is 42.5 Å². The molecule has 0 saturated heterocycles. The van der Waals surface area contributed by atoms with E-state index in [0.717, 1.165) is 23.6 Å². The second-order valence-electron chi connectivity index (χ2n) is 4.72. The Hall–Kier alpha value is -2.03. The maximum Gasteiger partial charge on any atom is 0.345 e. The van der Waals surface area contributed by atoms with Gasteiger partial charge in [-0.05, 0) is 35.7 Å². The smallest absolute Gasteiger partial charge is 0.345 e. The van der Waals surface area contributed by atoms with Crippen molar-refractivity contribution in [3.05, 3.63) is 42.5 Å². The molecule has 1 N–H and O–H groups in total. The van der Waals surface area contributed by atoms with Crippen molar-refractivity contribution in [3.63, 3.8) is 0 Å². The van der Waals surface area contributed by atoms with Crippen LogP contribution in [0, 0.1) is 5.92 Å². The third-order valence-electron chi connectivity index (χ3n) is 3.28. The zero-order valence-corrected chi connectivity index (χ0v) is 9.87. The largest absolute Gasteiger partial charge is 0.478 e. The first-order chi connectivity index (χ1) is 8.74. The van der Waals surface area contributed by atoms with Crippen LogP contribution in [0.5, 0.6) is 5.75 Å². The lowest BCUT2D eigenvalue weighted by Gasteiger charge is -2.14. The molecule has 0 amide bonds. The number of aliphatic carboxylic acids is 1. The number of benzene rings is 2. The van der Waals surface area contributed by atoms with Crippen LogP contribution in [0.2, 0.25) is 0 Å². The average molecular weight is 242 g/mol. The molecule has 2 aromatic carbocycles. The lowest BCUT2D eigenvalue weighted by molar-refractivity contribution is -0.146. The first-order valence-corrected chi connectivity index (χ1v) is 6.12. The molecule has 1 unspecified atom stereocenters. The lowest BCUT2D eigenvalue weighted by Crippen LogP contribution is -2.29. The summed E-state index contributed by atoms with van der Waals surface area (Å²) in [6.45, 7) is 0. The molecule has 1 aliphatic rings. The molecular formula is C15H14O3. The molecule has 1 atom stereocenters. The fourth-order valence-corrected chi connectivity index (χ4v) is 2.13. The number of hydrogen-bond acceptors (Lipinski definition) is 2. The normalized spacial score (nSPS) is 16.4. The lowest BCUT2D eigenvalue weighted by atomic mass is 10.1. The Morgan fingerprint density at radius 1 is 1.17 bits per heavy atom. The third kappa shape index (κ3) is 2.16. The maximum absolute atomic E-state index is 11.1. The Bertz CT molecular complexity index is 587. The highest BCUT2D eigenvalue weighted by Gasteiger charge is 2.38. The second kappa shape index (κ2) is 4.33. The van der Waals surface area contributed by atoms with Gasteiger partial charge in [-0.3, -0.25) is 0 Å². The molecule has 1 fully saturated rings. The summed E-state index contributed by atoms with van der Waals surface area (Å²) >= 11 is 0. The first-order valence-electron chi connectivity index (χ1n) is 6.12. The van der Waals surface area contributed by atoms with E-state index in [-0.39, 0.29) is 5.92 Å². The molecule has 0 bridgehead atoms. The molecule has 92 valence electrons. The van der Waals surface area contributed by atoms with E-state index in [9.17, 15) is 4.79 Å². The summed E-state index contributed by atoms with van der Waals surface area (Å²) in [5.41, 5.74) is 0. The number of carboxylic acid groups (broad SMARTS) is 1. The van der Waals surface area contributed by atoms with Crippen LogP contribution in [0.4, 0.5) is 0 Å². The van der Waals surface area contributed by atoms with Crippen LogP contribution < -0.4 is 4.74 Å². The van der Waals surface area contributed by atoms with Gasteiger partial charge in [-0.2, -0.15) is 0 Å². The van der Waals surface area contributed by atoms with Gasteiger partial charge in [0.2, 0.25) is 0 Å². The van der Waals surface area contributed by atoms with Crippen LogP contribution in [0.1, 0.15) is 12.8 Å². The van der Waals surface area contributed by atoms with Gasteiger partial charge in [-0.15, -0.1) is 0 Å². The summed E-state index contributed by atoms with van der Waals surface area (Å²) in [6.07, 6.45) is 1.20. The van der Waals surface area contributed by atoms with Crippen LogP contribution in [-0.2, 0) is 4.79 Å². The molecule has 0 heterocycles. The van der Waals surface area contributed by atoms with E-state index < -0.39 is 12.1 Å². The molecule has 2 aromatic rings. The topological polar surface area (TPSA) is 46.5 Å². The van der Waals surface area contributed by atoms with Gasteiger partial charge < -0.3 is 9.84 Å². The summed E-state index contributed by atoms with van der Waals surface area (Å²) in [5, 5.41) is 11.3. The predicted molar refractivity (Wildman–Crippen MR) is 68.7 cm³/mol. The highest BCUT2D eigenvalue weighted by molar-refractivity contribution is 5.84. The number of rotatable bonds is 4. The van der Waals surface area contributed by atoms with E-state index in [1.54, 1.807) is 0 Å². The minimum Gasteiger partial charge on any atom is -0.478 e. The Balaban J connectivity index is 1.87. The van der Waals surface area contributed by atoms with E-state index in [1.165, 1.54) is 0 Å². The minimum absolute atomic E-state index is 0.175. The number of carboxylic acids is 1. The van der Waals surface area contributed by atoms with Crippen LogP contribution in [-0.4, -0.2) is 17.2 Å². The fraction of sp³-hybridized carbons (Fsp3) is 0.267. The van der Waals surface area contributed by atoms with Crippen molar-refractivity contribution in [2.75, 3.05) is 0 Å². The number of hydrogen-bond donors (Lipinski definition) is 1. The van der Waals surface area contributed by atoms with E-state index >= 15 is 0 Å². The van der Waals surface area contributed by atoms with Gasteiger partial charge >= 0.3 is 5.97 Å². The monoisotopic (exact) mass is 242 g/mol. The van der Waals surface area contributed by atoms with Crippen molar-refractivity contribution in [2.24, 2.45) is 5.92 Å². The molecule has 0 spiro atoms. The van der Waals surface area contributed by atoms with E-state index in [2.05, 4.69) is 0 Å². The summed E-state index contributed by atoms with van der Waals surface area (Å²) in [5.74, 6) is -0.0624. The van der Waals surface area contributed by atoms with E-state index in [0.29, 0.717) is 5.75 Å². The fourth-order valence-electron chi connectivity index (χ4n) is 2.13. The van der Waals surface area contributed by atoms with Crippen molar-refractivity contribution in [1.29, 1.82) is 0 Å². The zero-order chi connectivity index (χ0) is 12.5. The summed E-state index contributed by atoms with van der Waals surface area (Å²) in [6, 6.07) is 13.6. The van der Waals surface area contributed by atoms with Crippen molar-refractivity contribution in [2.45, 2.75) is 18.9 Å². The van der Waals surface area contributed by atoms with Gasteiger partial charge in [0.1, 0.15) is 5.75 Å². The summed E-state index contributed by atoms with van der Waals surface area (Å²) < 4.78 is 5.61. The quantitative estimate of drug-likeness (QED) is 0.896. The van der Waals surface area contributed by atoms with E-state index in [1.807, 2.05) is 42.5 Å². The van der Waals surface area contributed by atoms with Gasteiger partial charge in [0, 0.05) is 5.92 Å². The number of carbonyl (C=O) groups is 1. The molecule has 0 aliphatic heterocycles. The van der Waals surface area contributed by atoms with Crippen molar-refractivity contribution >= 4 is 16.7 Å². The number of fused-ring (bicyclic) bond motifs is 1. The summed E-state index contributed by atoms with van der Waals surface area (Å²) in [7, 11) is 0. The van der Waals surface area contributed by atoms with E-state index in [4.69, 9.17) is 9.84 Å². The van der Waals surface area contributed by atoms with Crippen LogP contribution in [0.25, 0.3) is 10.8 Å². The van der Waals surface area contributed by atoms with Gasteiger partial charge in [0.05, 0.1) is 0 Å². The molecule has 1 aliphatic carbocycles. The maximum atomic E-state index is 11.1. The highest BCUT2D eigenvalue weighted by Crippen LogP contribution is 2.35. The molecule has 3 heteroatoms. The molecule has 3 nitrogen and oxygen atoms in total. The Morgan fingerprint density at radius 2 is 1.89 bits per heavy atom. The molecule has 0 aromatic heterocycles. The van der Waals surface area contributed by atoms with Crippen molar-refractivity contribution in [3.8, 4) is 5.75 Å². The average Bonchev–Trinajstić information content (AvgIpc) is 3.19. The SMILES string of the molecule is O=C(O)C(Oc1ccc2ccccc2c1)C1CC1. The van der Waals surface area contributed by atoms with Gasteiger partial charge in [0.25, 0.3) is 0 Å². The van der Waals surface area contributed by atoms with Crippen LogP contribution >= 0.6 is 0 Å². The number of ether oxygens (including phenoxy) is 1. The van der Waals surface area contributed by atoms with Gasteiger partial charge in [0.15, 0.2) is 6.10 Å². The standard InChI is InChI=1S/C15H14O3/c16-15(17)14(11-5-6-11)18-13-8-7-10-3-1-2-4-12(10)9-13/h1-4,7-9,11,14H,5-6H2,(H,16,17). The van der Waals surface area contributed by atoms with Crippen LogP contribution in [0.3, 0.4) is 0 Å². The molecular weight excluding hydrogens is 228 g/mol. The molecule has 3 rings (SSSR count). The first kappa shape index (κ1) is 11.1. The van der Waals surface area contributed by atoms with Gasteiger partial charge in [-0.25, -0.2) is 4.79 Å². The summed E-state index contributed by atoms with van der Waals surface area (Å²) in [4.78, 5) is 11.1. The highest BCUT2D eigenvalue weighted by atomic mass is 16.5. The minimum atomic E-state index is -0.870. The Labute approximate surface area is 105 Å². The third-order valence-corrected chi connectivity index (χ3v) is 3.28. The Kier molecular flexibility index (Phi) is 2.67. The molecule has 18 heavy (non-hydrogen) atoms. The predicted octanol–water partition coefficient (Wildman–Crippen LogP) is 3.08. The van der Waals surface area contributed by atoms with Crippen molar-refractivity contribution < 1.29 is 14.6 Å². The zero-order valence-electron chi connectivity index (χ0n) is 9.87. The van der Waals surface area contributed by atoms with Crippen molar-refractivity contribution in [1.82, 2.24) is 0 Å². The van der Waals surface area contributed by atoms with Gasteiger partial charge in [-0.1, -0.05) is 30.3 Å². The molecule has 0 radical (unpaired) electrons. The Morgan fingerprint density at radius 3 is 2.56 bits per heavy atom. The molecule has 1 saturated carbocycles.